The van der Waals surface area contributed by atoms with Gasteiger partial charge in [0, 0.05) is 6.20 Å². The molecule has 0 spiro atoms. The minimum Gasteiger partial charge on any atom is -0.254 e. The second kappa shape index (κ2) is 7.60. The number of nitrogens with zero attached hydrogens (tertiary/aromatic N) is 4. The zero-order valence-corrected chi connectivity index (χ0v) is 14.5. The fraction of sp³-hybridized carbons (Fsp3) is 0.381. The highest BCUT2D eigenvalue weighted by molar-refractivity contribution is 5.51. The van der Waals surface area contributed by atoms with Crippen molar-refractivity contribution in [1.29, 1.82) is 0 Å². The van der Waals surface area contributed by atoms with Gasteiger partial charge in [0.1, 0.15) is 5.69 Å². The second-order valence-corrected chi connectivity index (χ2v) is 6.95. The van der Waals surface area contributed by atoms with Gasteiger partial charge in [-0.05, 0) is 42.0 Å². The van der Waals surface area contributed by atoms with Crippen molar-refractivity contribution in [2.24, 2.45) is 0 Å². The Balaban J connectivity index is 1.44. The summed E-state index contributed by atoms with van der Waals surface area (Å²) in [5, 5.41) is 8.47. The van der Waals surface area contributed by atoms with Crippen LogP contribution in [0.1, 0.15) is 55.6 Å². The third-order valence-electron chi connectivity index (χ3n) is 5.12. The first-order valence-electron chi connectivity index (χ1n) is 9.29. The predicted molar refractivity (Wildman–Crippen MR) is 99.2 cm³/mol. The molecular weight excluding hydrogens is 308 g/mol. The van der Waals surface area contributed by atoms with Crippen molar-refractivity contribution in [3.8, 4) is 11.4 Å². The van der Waals surface area contributed by atoms with Crippen LogP contribution in [0.25, 0.3) is 11.4 Å². The molecule has 0 N–H and O–H groups in total. The van der Waals surface area contributed by atoms with Gasteiger partial charge in [0.05, 0.1) is 18.4 Å². The van der Waals surface area contributed by atoms with Crippen LogP contribution in [0.2, 0.25) is 0 Å². The van der Waals surface area contributed by atoms with Gasteiger partial charge >= 0.3 is 0 Å². The quantitative estimate of drug-likeness (QED) is 0.643. The number of hydrogen-bond acceptors (Lipinski definition) is 3. The molecule has 1 fully saturated rings. The van der Waals surface area contributed by atoms with Crippen molar-refractivity contribution in [2.45, 2.75) is 51.0 Å². The van der Waals surface area contributed by atoms with E-state index in [1.165, 1.54) is 49.7 Å². The molecule has 0 atom stereocenters. The minimum absolute atomic E-state index is 0.741. The largest absolute Gasteiger partial charge is 0.254 e. The summed E-state index contributed by atoms with van der Waals surface area (Å²) in [5.74, 6) is 0.749. The van der Waals surface area contributed by atoms with Gasteiger partial charge in [-0.1, -0.05) is 61.2 Å². The van der Waals surface area contributed by atoms with Gasteiger partial charge in [0.2, 0.25) is 0 Å². The van der Waals surface area contributed by atoms with Crippen molar-refractivity contribution in [1.82, 2.24) is 20.0 Å². The van der Waals surface area contributed by atoms with E-state index >= 15 is 0 Å². The molecule has 1 aliphatic carbocycles. The molecule has 4 nitrogen and oxygen atoms in total. The monoisotopic (exact) mass is 332 g/mol. The van der Waals surface area contributed by atoms with Gasteiger partial charge in [-0.2, -0.15) is 0 Å². The Hall–Kier alpha value is -2.49. The normalized spacial score (nSPS) is 15.8. The maximum atomic E-state index is 4.32. The zero-order valence-electron chi connectivity index (χ0n) is 14.5. The van der Waals surface area contributed by atoms with Crippen LogP contribution >= 0.6 is 0 Å². The van der Waals surface area contributed by atoms with Crippen LogP contribution in [-0.2, 0) is 6.54 Å². The summed E-state index contributed by atoms with van der Waals surface area (Å²) in [7, 11) is 0. The zero-order chi connectivity index (χ0) is 16.9. The van der Waals surface area contributed by atoms with Crippen molar-refractivity contribution in [2.75, 3.05) is 0 Å². The highest BCUT2D eigenvalue weighted by Crippen LogP contribution is 2.31. The van der Waals surface area contributed by atoms with E-state index in [2.05, 4.69) is 39.6 Å². The molecule has 4 heteroatoms. The summed E-state index contributed by atoms with van der Waals surface area (Å²) in [4.78, 5) is 4.32. The Kier molecular flexibility index (Phi) is 4.86. The minimum atomic E-state index is 0.741. The molecule has 2 aromatic heterocycles. The summed E-state index contributed by atoms with van der Waals surface area (Å²) in [5.41, 5.74) is 4.43. The number of aromatic nitrogens is 4. The van der Waals surface area contributed by atoms with Crippen LogP contribution in [0.3, 0.4) is 0 Å². The van der Waals surface area contributed by atoms with E-state index in [0.29, 0.717) is 0 Å². The Morgan fingerprint density at radius 2 is 1.68 bits per heavy atom. The summed E-state index contributed by atoms with van der Waals surface area (Å²) in [6, 6.07) is 14.9. The van der Waals surface area contributed by atoms with Crippen LogP contribution in [0, 0.1) is 0 Å². The third-order valence-corrected chi connectivity index (χ3v) is 5.12. The fourth-order valence-corrected chi connectivity index (χ4v) is 3.70. The number of benzene rings is 1. The summed E-state index contributed by atoms with van der Waals surface area (Å²) >= 11 is 0. The van der Waals surface area contributed by atoms with Gasteiger partial charge in [-0.25, -0.2) is 4.68 Å². The topological polar surface area (TPSA) is 43.6 Å². The van der Waals surface area contributed by atoms with Crippen molar-refractivity contribution in [3.63, 3.8) is 0 Å². The lowest BCUT2D eigenvalue weighted by Gasteiger charge is -2.14. The highest BCUT2D eigenvalue weighted by atomic mass is 15.4. The first kappa shape index (κ1) is 16.0. The van der Waals surface area contributed by atoms with E-state index in [1.54, 1.807) is 6.20 Å². The van der Waals surface area contributed by atoms with Crippen LogP contribution in [-0.4, -0.2) is 20.0 Å². The van der Waals surface area contributed by atoms with E-state index in [-0.39, 0.29) is 0 Å². The second-order valence-electron chi connectivity index (χ2n) is 6.95. The molecule has 1 aliphatic rings. The number of rotatable bonds is 4. The Labute approximate surface area is 148 Å². The average Bonchev–Trinajstić information content (AvgIpc) is 2.96. The average molecular weight is 332 g/mol. The van der Waals surface area contributed by atoms with Crippen molar-refractivity contribution >= 4 is 0 Å². The Morgan fingerprint density at radius 3 is 2.40 bits per heavy atom. The lowest BCUT2D eigenvalue weighted by Crippen LogP contribution is -2.02. The molecule has 1 saturated carbocycles. The van der Waals surface area contributed by atoms with E-state index in [4.69, 9.17) is 0 Å². The maximum Gasteiger partial charge on any atom is 0.131 e. The van der Waals surface area contributed by atoms with Crippen LogP contribution < -0.4 is 0 Å². The molecule has 25 heavy (non-hydrogen) atoms. The molecular formula is C21H24N4. The van der Waals surface area contributed by atoms with Crippen molar-refractivity contribution < 1.29 is 0 Å². The molecule has 0 saturated heterocycles. The maximum absolute atomic E-state index is 4.32. The number of pyridine rings is 1. The molecule has 128 valence electrons. The molecule has 4 rings (SSSR count). The van der Waals surface area contributed by atoms with E-state index < -0.39 is 0 Å². The van der Waals surface area contributed by atoms with Crippen molar-refractivity contribution in [3.05, 3.63) is 66.0 Å². The first-order valence-corrected chi connectivity index (χ1v) is 9.29. The first-order chi connectivity index (χ1) is 12.4. The molecule has 3 aromatic rings. The molecule has 0 aliphatic heterocycles. The van der Waals surface area contributed by atoms with Gasteiger partial charge in [-0.15, -0.1) is 5.10 Å². The SMILES string of the molecule is c1ccc(-c2cn(Cc3ccc(C4CCCCCC4)cc3)nn2)nc1. The Morgan fingerprint density at radius 1 is 0.880 bits per heavy atom. The lowest BCUT2D eigenvalue weighted by atomic mass is 9.91. The molecule has 0 bridgehead atoms. The standard InChI is InChI=1S/C21H24N4/c1-2-4-8-18(7-3-1)19-12-10-17(11-13-19)15-25-16-21(23-24-25)20-9-5-6-14-22-20/h5-6,9-14,16,18H,1-4,7-8,15H2. The molecule has 2 heterocycles. The highest BCUT2D eigenvalue weighted by Gasteiger charge is 2.14. The van der Waals surface area contributed by atoms with Gasteiger partial charge in [-0.3, -0.25) is 4.98 Å². The van der Waals surface area contributed by atoms with E-state index in [0.717, 1.165) is 23.9 Å². The Bertz CT molecular complexity index is 784. The van der Waals surface area contributed by atoms with Gasteiger partial charge < -0.3 is 0 Å². The van der Waals surface area contributed by atoms with Gasteiger partial charge in [0.15, 0.2) is 0 Å². The fourth-order valence-electron chi connectivity index (χ4n) is 3.70. The van der Waals surface area contributed by atoms with E-state index in [9.17, 15) is 0 Å². The number of hydrogen-bond donors (Lipinski definition) is 0. The molecule has 0 amide bonds. The molecule has 0 unspecified atom stereocenters. The van der Waals surface area contributed by atoms with Crippen LogP contribution in [0.4, 0.5) is 0 Å². The van der Waals surface area contributed by atoms with Gasteiger partial charge in [0.25, 0.3) is 0 Å². The predicted octanol–water partition coefficient (Wildman–Crippen LogP) is 4.83. The molecule has 1 aromatic carbocycles. The summed E-state index contributed by atoms with van der Waals surface area (Å²) in [6.45, 7) is 0.741. The van der Waals surface area contributed by atoms with E-state index in [1.807, 2.05) is 29.1 Å². The summed E-state index contributed by atoms with van der Waals surface area (Å²) in [6.07, 6.45) is 12.0. The smallest absolute Gasteiger partial charge is 0.131 e. The van der Waals surface area contributed by atoms with Crippen LogP contribution in [0.5, 0.6) is 0 Å². The lowest BCUT2D eigenvalue weighted by molar-refractivity contribution is 0.591. The third kappa shape index (κ3) is 3.95. The summed E-state index contributed by atoms with van der Waals surface area (Å²) < 4.78 is 1.88. The van der Waals surface area contributed by atoms with Crippen LogP contribution in [0.15, 0.2) is 54.9 Å². The molecule has 0 radical (unpaired) electrons.